The van der Waals surface area contributed by atoms with E-state index in [1.54, 1.807) is 14.2 Å². The number of nitrogens with zero attached hydrogens (tertiary/aromatic N) is 1. The molecule has 1 saturated heterocycles. The Morgan fingerprint density at radius 2 is 1.95 bits per heavy atom. The number of hydrogen-bond donors (Lipinski definition) is 1. The van der Waals surface area contributed by atoms with Crippen LogP contribution in [0.4, 0.5) is 5.69 Å². The molecular weight excluding hydrogens is 256 g/mol. The number of hydrogen-bond acceptors (Lipinski definition) is 4. The van der Waals surface area contributed by atoms with Gasteiger partial charge in [0, 0.05) is 45.1 Å². The van der Waals surface area contributed by atoms with Crippen molar-refractivity contribution >= 4 is 11.6 Å². The smallest absolute Gasteiger partial charge is 0.254 e. The van der Waals surface area contributed by atoms with E-state index >= 15 is 0 Å². The third kappa shape index (κ3) is 2.27. The molecule has 2 unspecified atom stereocenters. The highest BCUT2D eigenvalue weighted by Gasteiger charge is 2.35. The number of fused-ring (bicyclic) bond motifs is 1. The zero-order chi connectivity index (χ0) is 14.1. The molecule has 2 atom stereocenters. The Kier molecular flexibility index (Phi) is 3.63. The molecule has 2 heterocycles. The minimum atomic E-state index is -0.0416. The van der Waals surface area contributed by atoms with Crippen molar-refractivity contribution in [1.29, 1.82) is 0 Å². The van der Waals surface area contributed by atoms with Gasteiger partial charge in [-0.15, -0.1) is 0 Å². The van der Waals surface area contributed by atoms with Crippen molar-refractivity contribution in [3.05, 3.63) is 29.3 Å². The van der Waals surface area contributed by atoms with Gasteiger partial charge in [-0.05, 0) is 30.2 Å². The van der Waals surface area contributed by atoms with Crippen LogP contribution in [-0.2, 0) is 15.9 Å². The first-order chi connectivity index (χ1) is 9.72. The Balaban J connectivity index is 1.76. The number of amides is 1. The van der Waals surface area contributed by atoms with Crippen LogP contribution in [-0.4, -0.2) is 56.9 Å². The van der Waals surface area contributed by atoms with Gasteiger partial charge in [-0.2, -0.15) is 0 Å². The number of benzene rings is 1. The van der Waals surface area contributed by atoms with Crippen molar-refractivity contribution in [1.82, 2.24) is 4.90 Å². The Bertz CT molecular complexity index is 506. The third-order valence-electron chi connectivity index (χ3n) is 4.17. The van der Waals surface area contributed by atoms with Crippen LogP contribution in [0.5, 0.6) is 0 Å². The lowest BCUT2D eigenvalue weighted by Gasteiger charge is -2.16. The van der Waals surface area contributed by atoms with E-state index in [9.17, 15) is 4.79 Å². The average molecular weight is 276 g/mol. The summed E-state index contributed by atoms with van der Waals surface area (Å²) in [4.78, 5) is 14.4. The highest BCUT2D eigenvalue weighted by molar-refractivity contribution is 5.95. The molecule has 0 spiro atoms. The van der Waals surface area contributed by atoms with Crippen LogP contribution >= 0.6 is 0 Å². The summed E-state index contributed by atoms with van der Waals surface area (Å²) in [5.41, 5.74) is 3.12. The molecule has 5 nitrogen and oxygen atoms in total. The Morgan fingerprint density at radius 1 is 1.25 bits per heavy atom. The third-order valence-corrected chi connectivity index (χ3v) is 4.17. The number of anilines is 1. The molecule has 0 bridgehead atoms. The first-order valence-electron chi connectivity index (χ1n) is 6.94. The lowest BCUT2D eigenvalue weighted by Crippen LogP contribution is -2.30. The maximum Gasteiger partial charge on any atom is 0.254 e. The highest BCUT2D eigenvalue weighted by Crippen LogP contribution is 2.25. The van der Waals surface area contributed by atoms with E-state index in [2.05, 4.69) is 5.32 Å². The molecular formula is C15H20N2O3. The second kappa shape index (κ2) is 5.42. The average Bonchev–Trinajstić information content (AvgIpc) is 3.11. The number of ether oxygens (including phenoxy) is 2. The van der Waals surface area contributed by atoms with Crippen molar-refractivity contribution in [3.8, 4) is 0 Å². The summed E-state index contributed by atoms with van der Waals surface area (Å²) in [6, 6.07) is 5.88. The topological polar surface area (TPSA) is 50.8 Å². The van der Waals surface area contributed by atoms with Gasteiger partial charge >= 0.3 is 0 Å². The van der Waals surface area contributed by atoms with Crippen LogP contribution in [0.2, 0.25) is 0 Å². The monoisotopic (exact) mass is 276 g/mol. The van der Waals surface area contributed by atoms with Crippen molar-refractivity contribution in [2.24, 2.45) is 0 Å². The fourth-order valence-electron chi connectivity index (χ4n) is 2.98. The molecule has 0 aliphatic carbocycles. The SMILES string of the molecule is COC1CN(C(=O)c2ccc3c(c2)CCN3)CC1OC. The molecule has 108 valence electrons. The zero-order valence-corrected chi connectivity index (χ0v) is 11.9. The van der Waals surface area contributed by atoms with E-state index in [-0.39, 0.29) is 18.1 Å². The van der Waals surface area contributed by atoms with Crippen LogP contribution in [0.15, 0.2) is 18.2 Å². The fraction of sp³-hybridized carbons (Fsp3) is 0.533. The molecule has 5 heteroatoms. The molecule has 2 aliphatic heterocycles. The van der Waals surface area contributed by atoms with Crippen molar-refractivity contribution < 1.29 is 14.3 Å². The minimum Gasteiger partial charge on any atom is -0.384 e. The molecule has 2 aliphatic rings. The van der Waals surface area contributed by atoms with Crippen LogP contribution < -0.4 is 5.32 Å². The summed E-state index contributed by atoms with van der Waals surface area (Å²) in [6.07, 6.45) is 0.901. The minimum absolute atomic E-state index is 0.0416. The summed E-state index contributed by atoms with van der Waals surface area (Å²) in [5, 5.41) is 3.30. The fourth-order valence-corrected chi connectivity index (χ4v) is 2.98. The molecule has 0 radical (unpaired) electrons. The Labute approximate surface area is 118 Å². The molecule has 20 heavy (non-hydrogen) atoms. The lowest BCUT2D eigenvalue weighted by atomic mass is 10.1. The van der Waals surface area contributed by atoms with E-state index < -0.39 is 0 Å². The van der Waals surface area contributed by atoms with Gasteiger partial charge in [-0.1, -0.05) is 0 Å². The second-order valence-electron chi connectivity index (χ2n) is 5.31. The van der Waals surface area contributed by atoms with Gasteiger partial charge in [-0.25, -0.2) is 0 Å². The van der Waals surface area contributed by atoms with Crippen LogP contribution in [0.3, 0.4) is 0 Å². The second-order valence-corrected chi connectivity index (χ2v) is 5.31. The Hall–Kier alpha value is -1.59. The van der Waals surface area contributed by atoms with Gasteiger partial charge in [0.2, 0.25) is 0 Å². The summed E-state index contributed by atoms with van der Waals surface area (Å²) in [6.45, 7) is 2.13. The number of likely N-dealkylation sites (tertiary alicyclic amines) is 1. The van der Waals surface area contributed by atoms with E-state index in [1.165, 1.54) is 5.56 Å². The maximum atomic E-state index is 12.6. The maximum absolute atomic E-state index is 12.6. The molecule has 1 N–H and O–H groups in total. The highest BCUT2D eigenvalue weighted by atomic mass is 16.5. The van der Waals surface area contributed by atoms with Crippen molar-refractivity contribution in [2.45, 2.75) is 18.6 Å². The van der Waals surface area contributed by atoms with Gasteiger partial charge in [-0.3, -0.25) is 4.79 Å². The van der Waals surface area contributed by atoms with Crippen LogP contribution in [0.25, 0.3) is 0 Å². The Morgan fingerprint density at radius 3 is 2.60 bits per heavy atom. The summed E-state index contributed by atoms with van der Waals surface area (Å²) in [5.74, 6) is 0.0568. The zero-order valence-electron chi connectivity index (χ0n) is 11.9. The quantitative estimate of drug-likeness (QED) is 0.899. The number of carbonyl (C=O) groups is 1. The molecule has 1 amide bonds. The molecule has 0 saturated carbocycles. The van der Waals surface area contributed by atoms with Gasteiger partial charge in [0.05, 0.1) is 0 Å². The normalized spacial score (nSPS) is 24.6. The predicted molar refractivity (Wildman–Crippen MR) is 76.1 cm³/mol. The molecule has 1 fully saturated rings. The first-order valence-corrected chi connectivity index (χ1v) is 6.94. The summed E-state index contributed by atoms with van der Waals surface area (Å²) < 4.78 is 10.8. The van der Waals surface area contributed by atoms with E-state index in [0.717, 1.165) is 24.2 Å². The largest absolute Gasteiger partial charge is 0.384 e. The van der Waals surface area contributed by atoms with Gasteiger partial charge in [0.1, 0.15) is 12.2 Å². The van der Waals surface area contributed by atoms with Gasteiger partial charge < -0.3 is 19.7 Å². The summed E-state index contributed by atoms with van der Waals surface area (Å²) in [7, 11) is 3.32. The number of carbonyl (C=O) groups excluding carboxylic acids is 1. The van der Waals surface area contributed by atoms with Crippen molar-refractivity contribution in [3.63, 3.8) is 0 Å². The van der Waals surface area contributed by atoms with E-state index in [4.69, 9.17) is 9.47 Å². The molecule has 3 rings (SSSR count). The van der Waals surface area contributed by atoms with E-state index in [0.29, 0.717) is 13.1 Å². The number of nitrogens with one attached hydrogen (secondary N) is 1. The lowest BCUT2D eigenvalue weighted by molar-refractivity contribution is -0.00461. The van der Waals surface area contributed by atoms with Gasteiger partial charge in [0.15, 0.2) is 0 Å². The van der Waals surface area contributed by atoms with Crippen molar-refractivity contribution in [2.75, 3.05) is 39.2 Å². The number of rotatable bonds is 3. The van der Waals surface area contributed by atoms with Crippen LogP contribution in [0.1, 0.15) is 15.9 Å². The summed E-state index contributed by atoms with van der Waals surface area (Å²) >= 11 is 0. The molecule has 1 aromatic rings. The predicted octanol–water partition coefficient (Wildman–Crippen LogP) is 1.14. The molecule has 0 aromatic heterocycles. The molecule has 1 aromatic carbocycles. The number of methoxy groups -OCH3 is 2. The first kappa shape index (κ1) is 13.4. The van der Waals surface area contributed by atoms with Gasteiger partial charge in [0.25, 0.3) is 5.91 Å². The standard InChI is InChI=1S/C15H20N2O3/c1-19-13-8-17(9-14(13)20-2)15(18)11-3-4-12-10(7-11)5-6-16-12/h3-4,7,13-14,16H,5-6,8-9H2,1-2H3. The van der Waals surface area contributed by atoms with E-state index in [1.807, 2.05) is 23.1 Å². The van der Waals surface area contributed by atoms with Crippen LogP contribution in [0, 0.1) is 0 Å².